The molecule has 3 nitrogen and oxygen atoms in total. The van der Waals surface area contributed by atoms with Gasteiger partial charge in [-0.1, -0.05) is 12.1 Å². The summed E-state index contributed by atoms with van der Waals surface area (Å²) < 4.78 is 5.93. The fraction of sp³-hybridized carbons (Fsp3) is 0.200. The van der Waals surface area contributed by atoms with E-state index < -0.39 is 0 Å². The number of ether oxygens (including phenoxy) is 1. The van der Waals surface area contributed by atoms with Crippen LogP contribution in [0.4, 0.5) is 0 Å². The molecule has 1 heterocycles. The molecule has 1 aromatic carbocycles. The Morgan fingerprint density at radius 2 is 2.07 bits per heavy atom. The summed E-state index contributed by atoms with van der Waals surface area (Å²) in [5.41, 5.74) is 3.83. The molecule has 0 fully saturated rings. The van der Waals surface area contributed by atoms with Crippen LogP contribution in [0.2, 0.25) is 0 Å². The Labute approximate surface area is 90.8 Å². The van der Waals surface area contributed by atoms with E-state index in [4.69, 9.17) is 9.57 Å². The number of hydroxylamine groups is 1. The van der Waals surface area contributed by atoms with E-state index in [-0.39, 0.29) is 6.10 Å². The number of rotatable bonds is 2. The lowest BCUT2D eigenvalue weighted by Crippen LogP contribution is -2.05. The number of halogens is 1. The predicted molar refractivity (Wildman–Crippen MR) is 57.0 cm³/mol. The number of hydrogen-bond acceptors (Lipinski definition) is 3. The molecule has 0 spiro atoms. The van der Waals surface area contributed by atoms with E-state index >= 15 is 0 Å². The van der Waals surface area contributed by atoms with Crippen molar-refractivity contribution in [2.75, 3.05) is 7.11 Å². The fourth-order valence-electron chi connectivity index (χ4n) is 1.28. The minimum Gasteiger partial charge on any atom is -0.497 e. The lowest BCUT2D eigenvalue weighted by atomic mass is 10.1. The van der Waals surface area contributed by atoms with E-state index in [1.807, 2.05) is 30.3 Å². The van der Waals surface area contributed by atoms with E-state index in [0.717, 1.165) is 15.9 Å². The zero-order valence-electron chi connectivity index (χ0n) is 7.66. The summed E-state index contributed by atoms with van der Waals surface area (Å²) >= 11 is 3.30. The molecule has 1 atom stereocenters. The molecule has 1 N–H and O–H groups in total. The summed E-state index contributed by atoms with van der Waals surface area (Å²) in [5.74, 6) is 0.850. The van der Waals surface area contributed by atoms with Gasteiger partial charge in [0.25, 0.3) is 0 Å². The zero-order valence-corrected chi connectivity index (χ0v) is 9.24. The zero-order chi connectivity index (χ0) is 9.97. The quantitative estimate of drug-likeness (QED) is 0.824. The summed E-state index contributed by atoms with van der Waals surface area (Å²) in [5, 5.41) is 0. The first-order chi connectivity index (χ1) is 6.79. The second kappa shape index (κ2) is 4.02. The van der Waals surface area contributed by atoms with Crippen LogP contribution in [0, 0.1) is 0 Å². The lowest BCUT2D eigenvalue weighted by Gasteiger charge is -2.07. The van der Waals surface area contributed by atoms with Crippen molar-refractivity contribution in [3.05, 3.63) is 40.5 Å². The van der Waals surface area contributed by atoms with Crippen LogP contribution < -0.4 is 10.2 Å². The summed E-state index contributed by atoms with van der Waals surface area (Å²) in [7, 11) is 1.65. The summed E-state index contributed by atoms with van der Waals surface area (Å²) in [4.78, 5) is 5.29. The lowest BCUT2D eigenvalue weighted by molar-refractivity contribution is 0.0458. The first-order valence-electron chi connectivity index (χ1n) is 4.22. The standard InChI is InChI=1S/C10H10BrNO2/c1-13-8-4-2-7(3-5-8)9-6-10(11)12-14-9/h2-6,9,12H,1H3/t9-/m1/s1. The van der Waals surface area contributed by atoms with Crippen LogP contribution in [-0.2, 0) is 4.84 Å². The highest BCUT2D eigenvalue weighted by atomic mass is 79.9. The molecule has 1 aliphatic heterocycles. The van der Waals surface area contributed by atoms with Crippen LogP contribution in [0.15, 0.2) is 34.9 Å². The highest BCUT2D eigenvalue weighted by molar-refractivity contribution is 9.11. The number of nitrogens with one attached hydrogen (secondary N) is 1. The Hall–Kier alpha value is -1.00. The molecule has 0 amide bonds. The first kappa shape index (κ1) is 9.55. The van der Waals surface area contributed by atoms with Crippen molar-refractivity contribution in [3.63, 3.8) is 0 Å². The van der Waals surface area contributed by atoms with Crippen molar-refractivity contribution in [2.24, 2.45) is 0 Å². The van der Waals surface area contributed by atoms with Crippen molar-refractivity contribution in [1.82, 2.24) is 5.48 Å². The van der Waals surface area contributed by atoms with Crippen molar-refractivity contribution in [2.45, 2.75) is 6.10 Å². The largest absolute Gasteiger partial charge is 0.497 e. The maximum Gasteiger partial charge on any atom is 0.131 e. The maximum absolute atomic E-state index is 5.29. The summed E-state index contributed by atoms with van der Waals surface area (Å²) in [6, 6.07) is 7.79. The van der Waals surface area contributed by atoms with E-state index in [1.54, 1.807) is 7.11 Å². The Balaban J connectivity index is 2.17. The smallest absolute Gasteiger partial charge is 0.131 e. The molecule has 0 radical (unpaired) electrons. The Bertz CT molecular complexity index is 348. The van der Waals surface area contributed by atoms with Crippen molar-refractivity contribution in [3.8, 4) is 5.75 Å². The molecule has 0 saturated carbocycles. The molecule has 2 rings (SSSR count). The highest BCUT2D eigenvalue weighted by Crippen LogP contribution is 2.27. The molecule has 74 valence electrons. The summed E-state index contributed by atoms with van der Waals surface area (Å²) in [6.45, 7) is 0. The average molecular weight is 256 g/mol. The molecule has 14 heavy (non-hydrogen) atoms. The molecular formula is C10H10BrNO2. The molecular weight excluding hydrogens is 246 g/mol. The van der Waals surface area contributed by atoms with Gasteiger partial charge in [-0.15, -0.1) is 0 Å². The monoisotopic (exact) mass is 255 g/mol. The SMILES string of the molecule is COc1ccc([C@H]2C=C(Br)NO2)cc1. The van der Waals surface area contributed by atoms with E-state index in [9.17, 15) is 0 Å². The minimum atomic E-state index is -0.0321. The van der Waals surface area contributed by atoms with Crippen LogP contribution in [-0.4, -0.2) is 7.11 Å². The van der Waals surface area contributed by atoms with Gasteiger partial charge in [0.2, 0.25) is 0 Å². The van der Waals surface area contributed by atoms with E-state index in [2.05, 4.69) is 21.4 Å². The van der Waals surface area contributed by atoms with Gasteiger partial charge in [0, 0.05) is 0 Å². The van der Waals surface area contributed by atoms with E-state index in [0.29, 0.717) is 0 Å². The van der Waals surface area contributed by atoms with Crippen LogP contribution in [0.3, 0.4) is 0 Å². The molecule has 0 aromatic heterocycles. The van der Waals surface area contributed by atoms with Crippen LogP contribution >= 0.6 is 15.9 Å². The van der Waals surface area contributed by atoms with Crippen molar-refractivity contribution < 1.29 is 9.57 Å². The second-order valence-corrected chi connectivity index (χ2v) is 3.78. The van der Waals surface area contributed by atoms with Gasteiger partial charge in [-0.25, -0.2) is 0 Å². The van der Waals surface area contributed by atoms with Gasteiger partial charge in [0.05, 0.1) is 7.11 Å². The highest BCUT2D eigenvalue weighted by Gasteiger charge is 2.16. The van der Waals surface area contributed by atoms with Crippen LogP contribution in [0.5, 0.6) is 5.75 Å². The molecule has 0 saturated heterocycles. The van der Waals surface area contributed by atoms with Gasteiger partial charge >= 0.3 is 0 Å². The van der Waals surface area contributed by atoms with E-state index in [1.165, 1.54) is 0 Å². The second-order valence-electron chi connectivity index (χ2n) is 2.93. The van der Waals surface area contributed by atoms with Gasteiger partial charge in [0.15, 0.2) is 0 Å². The fourth-order valence-corrected chi connectivity index (χ4v) is 1.61. The van der Waals surface area contributed by atoms with Crippen molar-refractivity contribution in [1.29, 1.82) is 0 Å². The Morgan fingerprint density at radius 1 is 1.36 bits per heavy atom. The third-order valence-corrected chi connectivity index (χ3v) is 2.45. The van der Waals surface area contributed by atoms with Crippen molar-refractivity contribution >= 4 is 15.9 Å². The first-order valence-corrected chi connectivity index (χ1v) is 5.02. The normalized spacial score (nSPS) is 20.1. The number of benzene rings is 1. The van der Waals surface area contributed by atoms with Crippen LogP contribution in [0.1, 0.15) is 11.7 Å². The number of hydrogen-bond donors (Lipinski definition) is 1. The molecule has 4 heteroatoms. The van der Waals surface area contributed by atoms with Gasteiger partial charge in [0.1, 0.15) is 16.5 Å². The third-order valence-electron chi connectivity index (χ3n) is 2.03. The summed E-state index contributed by atoms with van der Waals surface area (Å²) in [6.07, 6.45) is 1.93. The molecule has 0 bridgehead atoms. The third kappa shape index (κ3) is 1.91. The minimum absolute atomic E-state index is 0.0321. The predicted octanol–water partition coefficient (Wildman–Crippen LogP) is 2.51. The average Bonchev–Trinajstić information content (AvgIpc) is 2.65. The number of methoxy groups -OCH3 is 1. The van der Waals surface area contributed by atoms with Gasteiger partial charge in [-0.2, -0.15) is 0 Å². The molecule has 0 aliphatic carbocycles. The molecule has 1 aromatic rings. The Morgan fingerprint density at radius 3 is 2.57 bits per heavy atom. The molecule has 1 aliphatic rings. The van der Waals surface area contributed by atoms with Gasteiger partial charge in [-0.05, 0) is 39.7 Å². The maximum atomic E-state index is 5.29. The topological polar surface area (TPSA) is 30.5 Å². The molecule has 0 unspecified atom stereocenters. The van der Waals surface area contributed by atoms with Crippen LogP contribution in [0.25, 0.3) is 0 Å². The van der Waals surface area contributed by atoms with Gasteiger partial charge < -0.3 is 4.74 Å². The van der Waals surface area contributed by atoms with Gasteiger partial charge in [-0.3, -0.25) is 10.3 Å². The Kier molecular flexibility index (Phi) is 2.74.